The zero-order chi connectivity index (χ0) is 18.4. The monoisotopic (exact) mass is 383 g/mol. The number of nitrogens with one attached hydrogen (secondary N) is 3. The molecule has 0 aliphatic carbocycles. The molecule has 0 aromatic heterocycles. The second kappa shape index (κ2) is 9.62. The average molecular weight is 384 g/mol. The van der Waals surface area contributed by atoms with Crippen LogP contribution < -0.4 is 16.4 Å². The van der Waals surface area contributed by atoms with Crippen molar-refractivity contribution in [2.24, 2.45) is 11.7 Å². The molecule has 1 fully saturated rings. The number of rotatable bonds is 6. The SMILES string of the molecule is COC(=O)C1C(CCCNC(=N)N)C(=O)N1C(=O)Nc1ccccc1.Cl. The Balaban J connectivity index is 0.00000338. The summed E-state index contributed by atoms with van der Waals surface area (Å²) in [5, 5.41) is 12.3. The molecule has 10 heteroatoms. The lowest BCUT2D eigenvalue weighted by atomic mass is 9.84. The predicted octanol–water partition coefficient (Wildman–Crippen LogP) is 0.904. The highest BCUT2D eigenvalue weighted by Crippen LogP contribution is 2.32. The van der Waals surface area contributed by atoms with E-state index >= 15 is 0 Å². The summed E-state index contributed by atoms with van der Waals surface area (Å²) in [7, 11) is 1.22. The highest BCUT2D eigenvalue weighted by atomic mass is 35.5. The van der Waals surface area contributed by atoms with Crippen LogP contribution in [0, 0.1) is 11.3 Å². The molecule has 0 saturated carbocycles. The van der Waals surface area contributed by atoms with Crippen LogP contribution in [-0.2, 0) is 14.3 Å². The number of benzene rings is 1. The van der Waals surface area contributed by atoms with Crippen molar-refractivity contribution in [1.29, 1.82) is 5.41 Å². The van der Waals surface area contributed by atoms with Gasteiger partial charge < -0.3 is 21.1 Å². The van der Waals surface area contributed by atoms with Gasteiger partial charge in [0.05, 0.1) is 13.0 Å². The van der Waals surface area contributed by atoms with Crippen molar-refractivity contribution in [2.75, 3.05) is 19.0 Å². The van der Waals surface area contributed by atoms with Crippen LogP contribution in [0.1, 0.15) is 12.8 Å². The van der Waals surface area contributed by atoms with Gasteiger partial charge in [-0.15, -0.1) is 12.4 Å². The molecule has 1 heterocycles. The molecule has 26 heavy (non-hydrogen) atoms. The first-order chi connectivity index (χ1) is 12.0. The number of ether oxygens (including phenoxy) is 1. The molecule has 1 aromatic carbocycles. The van der Waals surface area contributed by atoms with Crippen LogP contribution in [0.4, 0.5) is 10.5 Å². The molecule has 0 radical (unpaired) electrons. The van der Waals surface area contributed by atoms with Gasteiger partial charge in [-0.25, -0.2) is 14.5 Å². The number of carbonyl (C=O) groups excluding carboxylic acids is 3. The van der Waals surface area contributed by atoms with Crippen molar-refractivity contribution in [3.8, 4) is 0 Å². The highest BCUT2D eigenvalue weighted by Gasteiger charge is 2.54. The third-order valence-electron chi connectivity index (χ3n) is 3.91. The Kier molecular flexibility index (Phi) is 7.85. The molecule has 2 atom stereocenters. The van der Waals surface area contributed by atoms with Crippen LogP contribution in [0.2, 0.25) is 0 Å². The van der Waals surface area contributed by atoms with E-state index in [-0.39, 0.29) is 18.4 Å². The molecule has 3 amide bonds. The lowest BCUT2D eigenvalue weighted by molar-refractivity contribution is -0.167. The second-order valence-corrected chi connectivity index (χ2v) is 5.56. The molecular formula is C16H22ClN5O4. The zero-order valence-corrected chi connectivity index (χ0v) is 15.0. The van der Waals surface area contributed by atoms with Gasteiger partial charge in [-0.05, 0) is 25.0 Å². The molecule has 1 aromatic rings. The number of carbonyl (C=O) groups is 3. The number of imide groups is 1. The van der Waals surface area contributed by atoms with Crippen molar-refractivity contribution in [3.63, 3.8) is 0 Å². The van der Waals surface area contributed by atoms with E-state index in [9.17, 15) is 14.4 Å². The number of hydrogen-bond donors (Lipinski definition) is 4. The fourth-order valence-electron chi connectivity index (χ4n) is 2.70. The number of β-lactam (4-membered cyclic amide) rings is 1. The molecule has 2 unspecified atom stereocenters. The Morgan fingerprint density at radius 1 is 1.31 bits per heavy atom. The number of para-hydroxylation sites is 1. The van der Waals surface area contributed by atoms with E-state index in [0.29, 0.717) is 25.1 Å². The summed E-state index contributed by atoms with van der Waals surface area (Å²) in [4.78, 5) is 37.5. The van der Waals surface area contributed by atoms with E-state index in [1.54, 1.807) is 30.3 Å². The van der Waals surface area contributed by atoms with Crippen LogP contribution in [0.5, 0.6) is 0 Å². The number of esters is 1. The first-order valence-corrected chi connectivity index (χ1v) is 7.80. The van der Waals surface area contributed by atoms with E-state index in [1.807, 2.05) is 0 Å². The van der Waals surface area contributed by atoms with Gasteiger partial charge in [0.2, 0.25) is 5.91 Å². The number of methoxy groups -OCH3 is 1. The minimum Gasteiger partial charge on any atom is -0.467 e. The Bertz CT molecular complexity index is 670. The standard InChI is InChI=1S/C16H21N5O4.ClH/c1-25-14(23)12-11(8-5-9-19-15(17)18)13(22)21(12)16(24)20-10-6-3-2-4-7-10;/h2-4,6-7,11-12H,5,8-9H2,1H3,(H,20,24)(H4,17,18,19);1H. The number of anilines is 1. The summed E-state index contributed by atoms with van der Waals surface area (Å²) >= 11 is 0. The number of amides is 3. The van der Waals surface area contributed by atoms with Gasteiger partial charge in [0, 0.05) is 12.2 Å². The summed E-state index contributed by atoms with van der Waals surface area (Å²) in [5.41, 5.74) is 5.71. The first kappa shape index (κ1) is 21.2. The van der Waals surface area contributed by atoms with Crippen LogP contribution in [-0.4, -0.2) is 48.5 Å². The lowest BCUT2D eigenvalue weighted by Crippen LogP contribution is -2.67. The minimum atomic E-state index is -0.946. The maximum atomic E-state index is 12.3. The molecule has 142 valence electrons. The number of hydrogen-bond acceptors (Lipinski definition) is 5. The van der Waals surface area contributed by atoms with E-state index in [4.69, 9.17) is 15.9 Å². The van der Waals surface area contributed by atoms with E-state index in [0.717, 1.165) is 4.90 Å². The maximum absolute atomic E-state index is 12.3. The van der Waals surface area contributed by atoms with E-state index in [1.165, 1.54) is 7.11 Å². The maximum Gasteiger partial charge on any atom is 0.329 e. The Labute approximate surface area is 157 Å². The summed E-state index contributed by atoms with van der Waals surface area (Å²) in [5.74, 6) is -1.84. The highest BCUT2D eigenvalue weighted by molar-refractivity contribution is 6.11. The molecule has 1 aliphatic rings. The fourth-order valence-corrected chi connectivity index (χ4v) is 2.70. The van der Waals surface area contributed by atoms with Crippen LogP contribution in [0.25, 0.3) is 0 Å². The largest absolute Gasteiger partial charge is 0.467 e. The minimum absolute atomic E-state index is 0. The number of likely N-dealkylation sites (tertiary alicyclic amines) is 1. The molecule has 1 saturated heterocycles. The molecule has 5 N–H and O–H groups in total. The van der Waals surface area contributed by atoms with Crippen LogP contribution >= 0.6 is 12.4 Å². The zero-order valence-electron chi connectivity index (χ0n) is 14.2. The summed E-state index contributed by atoms with van der Waals surface area (Å²) in [6.45, 7) is 0.406. The van der Waals surface area contributed by atoms with Gasteiger partial charge in [0.15, 0.2) is 12.0 Å². The molecule has 0 spiro atoms. The normalized spacial score (nSPS) is 18.2. The van der Waals surface area contributed by atoms with Crippen LogP contribution in [0.15, 0.2) is 30.3 Å². The van der Waals surface area contributed by atoms with Crippen molar-refractivity contribution >= 4 is 42.0 Å². The van der Waals surface area contributed by atoms with Crippen LogP contribution in [0.3, 0.4) is 0 Å². The number of nitrogens with two attached hydrogens (primary N) is 1. The summed E-state index contributed by atoms with van der Waals surface area (Å²) in [6, 6.07) is 7.04. The Hall–Kier alpha value is -2.81. The van der Waals surface area contributed by atoms with Crippen molar-refractivity contribution in [3.05, 3.63) is 30.3 Å². The number of halogens is 1. The van der Waals surface area contributed by atoms with Crippen molar-refractivity contribution in [1.82, 2.24) is 10.2 Å². The third-order valence-corrected chi connectivity index (χ3v) is 3.91. The molecule has 2 rings (SSSR count). The average Bonchev–Trinajstić information content (AvgIpc) is 2.59. The van der Waals surface area contributed by atoms with Gasteiger partial charge in [-0.1, -0.05) is 18.2 Å². The van der Waals surface area contributed by atoms with E-state index in [2.05, 4.69) is 10.6 Å². The third kappa shape index (κ3) is 4.85. The van der Waals surface area contributed by atoms with Gasteiger partial charge in [0.1, 0.15) is 0 Å². The molecule has 1 aliphatic heterocycles. The van der Waals surface area contributed by atoms with Gasteiger partial charge in [-0.2, -0.15) is 0 Å². The van der Waals surface area contributed by atoms with Crippen molar-refractivity contribution in [2.45, 2.75) is 18.9 Å². The Morgan fingerprint density at radius 3 is 2.54 bits per heavy atom. The number of nitrogens with zero attached hydrogens (tertiary/aromatic N) is 1. The lowest BCUT2D eigenvalue weighted by Gasteiger charge is -2.43. The van der Waals surface area contributed by atoms with Crippen molar-refractivity contribution < 1.29 is 19.1 Å². The number of guanidine groups is 1. The number of urea groups is 1. The first-order valence-electron chi connectivity index (χ1n) is 7.80. The van der Waals surface area contributed by atoms with E-state index < -0.39 is 29.9 Å². The fraction of sp³-hybridized carbons (Fsp3) is 0.375. The smallest absolute Gasteiger partial charge is 0.329 e. The Morgan fingerprint density at radius 2 is 1.96 bits per heavy atom. The molecular weight excluding hydrogens is 362 g/mol. The quantitative estimate of drug-likeness (QED) is 0.189. The van der Waals surface area contributed by atoms with Gasteiger partial charge in [-0.3, -0.25) is 10.2 Å². The predicted molar refractivity (Wildman–Crippen MR) is 98.0 cm³/mol. The summed E-state index contributed by atoms with van der Waals surface area (Å²) in [6.07, 6.45) is 0.908. The topological polar surface area (TPSA) is 138 Å². The molecule has 9 nitrogen and oxygen atoms in total. The summed E-state index contributed by atoms with van der Waals surface area (Å²) < 4.78 is 4.73. The van der Waals surface area contributed by atoms with Gasteiger partial charge >= 0.3 is 12.0 Å². The second-order valence-electron chi connectivity index (χ2n) is 5.56. The molecule has 0 bridgehead atoms. The van der Waals surface area contributed by atoms with Gasteiger partial charge in [0.25, 0.3) is 0 Å².